The minimum absolute atomic E-state index is 0.0862. The third-order valence-electron chi connectivity index (χ3n) is 4.74. The Morgan fingerprint density at radius 2 is 1.96 bits per heavy atom. The molecule has 1 aliphatic rings. The Hall–Kier alpha value is -1.09. The molecule has 0 saturated heterocycles. The van der Waals surface area contributed by atoms with Gasteiger partial charge in [-0.25, -0.2) is 0 Å². The van der Waals surface area contributed by atoms with Crippen molar-refractivity contribution in [3.05, 3.63) is 33.8 Å². The van der Waals surface area contributed by atoms with Crippen LogP contribution in [0.5, 0.6) is 0 Å². The Balaban J connectivity index is 2.08. The standard InChI is InChI=1S/C19H26BClO2/c1-12-10-13-8-9-15(21)18(14(13)11-20-12)16(22)6-5-7-17(23)19(2,3)4/h8-9,12,20H,5-7,10-11H2,1-4H3. The molecule has 0 radical (unpaired) electrons. The van der Waals surface area contributed by atoms with Crippen molar-refractivity contribution in [3.63, 3.8) is 0 Å². The lowest BCUT2D eigenvalue weighted by molar-refractivity contribution is -0.126. The minimum atomic E-state index is -0.331. The molecule has 4 heteroatoms. The predicted molar refractivity (Wildman–Crippen MR) is 98.1 cm³/mol. The first-order chi connectivity index (χ1) is 10.7. The molecule has 0 aliphatic carbocycles. The van der Waals surface area contributed by atoms with Crippen molar-refractivity contribution in [2.45, 2.75) is 65.5 Å². The summed E-state index contributed by atoms with van der Waals surface area (Å²) in [6.07, 6.45) is 3.41. The van der Waals surface area contributed by atoms with Gasteiger partial charge in [-0.1, -0.05) is 57.5 Å². The van der Waals surface area contributed by atoms with E-state index in [2.05, 4.69) is 13.0 Å². The van der Waals surface area contributed by atoms with Gasteiger partial charge in [0.1, 0.15) is 13.1 Å². The molecule has 0 spiro atoms. The summed E-state index contributed by atoms with van der Waals surface area (Å²) in [6.45, 7) is 8.01. The van der Waals surface area contributed by atoms with Gasteiger partial charge in [-0.05, 0) is 30.0 Å². The summed E-state index contributed by atoms with van der Waals surface area (Å²) >= 11 is 6.32. The molecule has 1 aromatic carbocycles. The van der Waals surface area contributed by atoms with Crippen LogP contribution < -0.4 is 0 Å². The van der Waals surface area contributed by atoms with Crippen LogP contribution in [-0.4, -0.2) is 18.8 Å². The Bertz CT molecular complexity index is 617. The lowest BCUT2D eigenvalue weighted by Gasteiger charge is -2.23. The molecular weight excluding hydrogens is 306 g/mol. The molecule has 0 amide bonds. The van der Waals surface area contributed by atoms with Crippen molar-refractivity contribution in [3.8, 4) is 0 Å². The third-order valence-corrected chi connectivity index (χ3v) is 5.05. The molecule has 0 saturated carbocycles. The highest BCUT2D eigenvalue weighted by Gasteiger charge is 2.25. The lowest BCUT2D eigenvalue weighted by Crippen LogP contribution is -2.21. The number of carbonyl (C=O) groups excluding carboxylic acids is 2. The average molecular weight is 333 g/mol. The second kappa shape index (κ2) is 7.21. The monoisotopic (exact) mass is 332 g/mol. The van der Waals surface area contributed by atoms with Crippen LogP contribution in [0.3, 0.4) is 0 Å². The highest BCUT2D eigenvalue weighted by atomic mass is 35.5. The molecule has 1 aliphatic heterocycles. The Labute approximate surface area is 145 Å². The van der Waals surface area contributed by atoms with E-state index >= 15 is 0 Å². The summed E-state index contributed by atoms with van der Waals surface area (Å²) in [7, 11) is 1.11. The van der Waals surface area contributed by atoms with E-state index in [-0.39, 0.29) is 17.0 Å². The van der Waals surface area contributed by atoms with Crippen LogP contribution in [0.2, 0.25) is 10.8 Å². The zero-order valence-electron chi connectivity index (χ0n) is 14.7. The number of hydrogen-bond acceptors (Lipinski definition) is 2. The van der Waals surface area contributed by atoms with Gasteiger partial charge in [0, 0.05) is 23.8 Å². The van der Waals surface area contributed by atoms with Crippen molar-refractivity contribution < 1.29 is 9.59 Å². The van der Waals surface area contributed by atoms with Gasteiger partial charge in [0.2, 0.25) is 0 Å². The van der Waals surface area contributed by atoms with E-state index in [0.717, 1.165) is 25.6 Å². The Morgan fingerprint density at radius 1 is 1.26 bits per heavy atom. The number of carbonyl (C=O) groups is 2. The van der Waals surface area contributed by atoms with E-state index < -0.39 is 0 Å². The Kier molecular flexibility index (Phi) is 5.72. The summed E-state index contributed by atoms with van der Waals surface area (Å²) in [5.41, 5.74) is 2.78. The van der Waals surface area contributed by atoms with Gasteiger partial charge >= 0.3 is 0 Å². The molecule has 0 fully saturated rings. The van der Waals surface area contributed by atoms with Crippen molar-refractivity contribution in [2.75, 3.05) is 0 Å². The molecular formula is C19H26BClO2. The zero-order chi connectivity index (χ0) is 17.2. The second-order valence-corrected chi connectivity index (χ2v) is 8.27. The first-order valence-corrected chi connectivity index (χ1v) is 8.94. The molecule has 23 heavy (non-hydrogen) atoms. The van der Waals surface area contributed by atoms with Crippen molar-refractivity contribution in [1.29, 1.82) is 0 Å². The number of fused-ring (bicyclic) bond motifs is 1. The number of benzene rings is 1. The van der Waals surface area contributed by atoms with Gasteiger partial charge in [-0.3, -0.25) is 9.59 Å². The molecule has 1 atom stereocenters. The van der Waals surface area contributed by atoms with Crippen LogP contribution in [0.15, 0.2) is 12.1 Å². The third kappa shape index (κ3) is 4.47. The molecule has 1 heterocycles. The maximum absolute atomic E-state index is 12.7. The first-order valence-electron chi connectivity index (χ1n) is 8.57. The lowest BCUT2D eigenvalue weighted by atomic mass is 9.54. The van der Waals surface area contributed by atoms with Crippen molar-refractivity contribution in [2.24, 2.45) is 5.41 Å². The number of rotatable bonds is 5. The first kappa shape index (κ1) is 18.3. The van der Waals surface area contributed by atoms with Crippen molar-refractivity contribution in [1.82, 2.24) is 0 Å². The van der Waals surface area contributed by atoms with Gasteiger partial charge in [-0.15, -0.1) is 0 Å². The largest absolute Gasteiger partial charge is 0.299 e. The summed E-state index contributed by atoms with van der Waals surface area (Å²) < 4.78 is 0. The maximum atomic E-state index is 12.7. The van der Waals surface area contributed by atoms with Crippen LogP contribution in [0, 0.1) is 5.41 Å². The summed E-state index contributed by atoms with van der Waals surface area (Å²) in [6, 6.07) is 3.92. The number of halogens is 1. The molecule has 2 rings (SSSR count). The van der Waals surface area contributed by atoms with Crippen LogP contribution in [0.1, 0.15) is 68.4 Å². The highest BCUT2D eigenvalue weighted by molar-refractivity contribution is 6.39. The normalized spacial score (nSPS) is 17.3. The molecule has 1 aromatic rings. The van der Waals surface area contributed by atoms with Gasteiger partial charge in [0.15, 0.2) is 5.78 Å². The highest BCUT2D eigenvalue weighted by Crippen LogP contribution is 2.32. The summed E-state index contributed by atoms with van der Waals surface area (Å²) in [4.78, 5) is 24.6. The fourth-order valence-corrected chi connectivity index (χ4v) is 3.50. The van der Waals surface area contributed by atoms with Crippen LogP contribution in [0.4, 0.5) is 0 Å². The number of Topliss-reactive ketones (excluding diaryl/α,β-unsaturated/α-hetero) is 2. The second-order valence-electron chi connectivity index (χ2n) is 7.86. The average Bonchev–Trinajstić information content (AvgIpc) is 2.46. The molecule has 2 nitrogen and oxygen atoms in total. The fraction of sp³-hybridized carbons (Fsp3) is 0.579. The van der Waals surface area contributed by atoms with Gasteiger partial charge in [0.05, 0.1) is 5.02 Å². The van der Waals surface area contributed by atoms with Crippen molar-refractivity contribution >= 4 is 30.4 Å². The minimum Gasteiger partial charge on any atom is -0.299 e. The van der Waals surface area contributed by atoms with Crippen LogP contribution in [0.25, 0.3) is 0 Å². The van der Waals surface area contributed by atoms with E-state index in [4.69, 9.17) is 11.6 Å². The fourth-order valence-electron chi connectivity index (χ4n) is 3.22. The van der Waals surface area contributed by atoms with Gasteiger partial charge in [-0.2, -0.15) is 0 Å². The predicted octanol–water partition coefficient (Wildman–Crippen LogP) is 4.61. The number of hydrogen-bond donors (Lipinski definition) is 0. The smallest absolute Gasteiger partial charge is 0.164 e. The topological polar surface area (TPSA) is 34.1 Å². The SMILES string of the molecule is CC1BCc2c(ccc(Cl)c2C(=O)CCCC(=O)C(C)(C)C)C1. The van der Waals surface area contributed by atoms with E-state index in [1.807, 2.05) is 26.8 Å². The quantitative estimate of drug-likeness (QED) is 0.583. The van der Waals surface area contributed by atoms with E-state index in [1.165, 1.54) is 5.56 Å². The molecule has 1 unspecified atom stereocenters. The molecule has 0 aromatic heterocycles. The Morgan fingerprint density at radius 3 is 2.61 bits per heavy atom. The summed E-state index contributed by atoms with van der Waals surface area (Å²) in [5.74, 6) is 0.958. The van der Waals surface area contributed by atoms with Crippen LogP contribution >= 0.6 is 11.6 Å². The van der Waals surface area contributed by atoms with E-state index in [1.54, 1.807) is 0 Å². The van der Waals surface area contributed by atoms with E-state index in [0.29, 0.717) is 35.7 Å². The number of ketones is 2. The van der Waals surface area contributed by atoms with Gasteiger partial charge in [0.25, 0.3) is 0 Å². The van der Waals surface area contributed by atoms with Crippen LogP contribution in [-0.2, 0) is 17.5 Å². The van der Waals surface area contributed by atoms with Gasteiger partial charge < -0.3 is 0 Å². The molecule has 124 valence electrons. The zero-order valence-corrected chi connectivity index (χ0v) is 15.4. The van der Waals surface area contributed by atoms with E-state index in [9.17, 15) is 9.59 Å². The molecule has 0 N–H and O–H groups in total. The molecule has 0 bridgehead atoms. The maximum Gasteiger partial charge on any atom is 0.164 e. The summed E-state index contributed by atoms with van der Waals surface area (Å²) in [5, 5.41) is 0.561.